The van der Waals surface area contributed by atoms with Gasteiger partial charge in [0.1, 0.15) is 4.90 Å². The lowest BCUT2D eigenvalue weighted by atomic mass is 9.86. The van der Waals surface area contributed by atoms with Gasteiger partial charge in [0.2, 0.25) is 10.0 Å². The minimum atomic E-state index is -3.62. The van der Waals surface area contributed by atoms with Gasteiger partial charge in [0, 0.05) is 13.1 Å². The van der Waals surface area contributed by atoms with E-state index in [1.54, 1.807) is 25.6 Å². The third-order valence-electron chi connectivity index (χ3n) is 4.32. The van der Waals surface area contributed by atoms with Crippen LogP contribution in [0.1, 0.15) is 56.3 Å². The van der Waals surface area contributed by atoms with Gasteiger partial charge in [-0.3, -0.25) is 4.68 Å². The number of aryl methyl sites for hydroxylation is 2. The first-order chi connectivity index (χ1) is 10.9. The van der Waals surface area contributed by atoms with E-state index in [0.29, 0.717) is 11.4 Å². The summed E-state index contributed by atoms with van der Waals surface area (Å²) in [5.41, 5.74) is 3.38. The predicted octanol–water partition coefficient (Wildman–Crippen LogP) is 3.37. The Bertz CT molecular complexity index is 828. The van der Waals surface area contributed by atoms with Crippen molar-refractivity contribution in [3.05, 3.63) is 46.8 Å². The van der Waals surface area contributed by atoms with Crippen LogP contribution in [0, 0.1) is 13.8 Å². The monoisotopic (exact) mass is 349 g/mol. The molecule has 5 nitrogen and oxygen atoms in total. The van der Waals surface area contributed by atoms with E-state index in [1.807, 2.05) is 19.1 Å². The van der Waals surface area contributed by atoms with Gasteiger partial charge in [0.25, 0.3) is 0 Å². The lowest BCUT2D eigenvalue weighted by molar-refractivity contribution is 0.564. The standard InChI is InChI=1S/C18H27N3O2S/c1-12(15-8-10-16(11-9-15)18(4,5)6)20-24(22,23)17-13(2)19-21(7)14(17)3/h8-12,20H,1-7H3. The molecular formula is C18H27N3O2S. The molecule has 0 amide bonds. The highest BCUT2D eigenvalue weighted by molar-refractivity contribution is 7.89. The van der Waals surface area contributed by atoms with Crippen molar-refractivity contribution in [2.45, 2.75) is 57.9 Å². The number of nitrogens with zero attached hydrogens (tertiary/aromatic N) is 2. The molecule has 1 atom stereocenters. The van der Waals surface area contributed by atoms with Gasteiger partial charge in [0.05, 0.1) is 11.4 Å². The minimum Gasteiger partial charge on any atom is -0.271 e. The molecule has 1 heterocycles. The molecule has 1 aromatic carbocycles. The number of nitrogens with one attached hydrogen (secondary N) is 1. The number of rotatable bonds is 4. The van der Waals surface area contributed by atoms with Crippen molar-refractivity contribution < 1.29 is 8.42 Å². The smallest absolute Gasteiger partial charge is 0.244 e. The van der Waals surface area contributed by atoms with E-state index in [1.165, 1.54) is 5.56 Å². The fraction of sp³-hybridized carbons (Fsp3) is 0.500. The van der Waals surface area contributed by atoms with E-state index in [0.717, 1.165) is 5.56 Å². The van der Waals surface area contributed by atoms with Crippen LogP contribution >= 0.6 is 0 Å². The van der Waals surface area contributed by atoms with Crippen molar-refractivity contribution in [1.29, 1.82) is 0 Å². The molecule has 0 aliphatic heterocycles. The summed E-state index contributed by atoms with van der Waals surface area (Å²) in [6.07, 6.45) is 0. The van der Waals surface area contributed by atoms with E-state index >= 15 is 0 Å². The summed E-state index contributed by atoms with van der Waals surface area (Å²) >= 11 is 0. The van der Waals surface area contributed by atoms with Gasteiger partial charge in [-0.25, -0.2) is 13.1 Å². The summed E-state index contributed by atoms with van der Waals surface area (Å²) in [4.78, 5) is 0.267. The third-order valence-corrected chi connectivity index (χ3v) is 6.11. The molecule has 6 heteroatoms. The van der Waals surface area contributed by atoms with Crippen molar-refractivity contribution in [2.24, 2.45) is 7.05 Å². The highest BCUT2D eigenvalue weighted by Gasteiger charge is 2.26. The number of aromatic nitrogens is 2. The maximum Gasteiger partial charge on any atom is 0.244 e. The van der Waals surface area contributed by atoms with Crippen molar-refractivity contribution in [3.63, 3.8) is 0 Å². The highest BCUT2D eigenvalue weighted by Crippen LogP contribution is 2.25. The summed E-state index contributed by atoms with van der Waals surface area (Å²) in [7, 11) is -1.87. The van der Waals surface area contributed by atoms with E-state index < -0.39 is 10.0 Å². The van der Waals surface area contributed by atoms with E-state index in [-0.39, 0.29) is 16.4 Å². The Morgan fingerprint density at radius 2 is 1.67 bits per heavy atom. The Morgan fingerprint density at radius 3 is 2.08 bits per heavy atom. The van der Waals surface area contributed by atoms with Gasteiger partial charge in [0.15, 0.2) is 0 Å². The first kappa shape index (κ1) is 18.7. The Hall–Kier alpha value is -1.66. The van der Waals surface area contributed by atoms with Crippen LogP contribution in [0.2, 0.25) is 0 Å². The first-order valence-electron chi connectivity index (χ1n) is 8.06. The molecule has 0 radical (unpaired) electrons. The minimum absolute atomic E-state index is 0.0746. The molecule has 0 saturated heterocycles. The molecule has 0 bridgehead atoms. The fourth-order valence-corrected chi connectivity index (χ4v) is 4.44. The second-order valence-corrected chi connectivity index (χ2v) is 8.99. The lowest BCUT2D eigenvalue weighted by Gasteiger charge is -2.20. The quantitative estimate of drug-likeness (QED) is 0.920. The Labute approximate surface area is 145 Å². The zero-order valence-corrected chi connectivity index (χ0v) is 16.3. The van der Waals surface area contributed by atoms with Gasteiger partial charge in [-0.15, -0.1) is 0 Å². The molecule has 1 aromatic heterocycles. The van der Waals surface area contributed by atoms with Crippen molar-refractivity contribution >= 4 is 10.0 Å². The maximum absolute atomic E-state index is 12.7. The van der Waals surface area contributed by atoms with Crippen molar-refractivity contribution in [2.75, 3.05) is 0 Å². The predicted molar refractivity (Wildman–Crippen MR) is 96.6 cm³/mol. The number of benzene rings is 1. The fourth-order valence-electron chi connectivity index (χ4n) is 2.77. The zero-order valence-electron chi connectivity index (χ0n) is 15.5. The lowest BCUT2D eigenvalue weighted by Crippen LogP contribution is -2.28. The van der Waals surface area contributed by atoms with Crippen LogP contribution in [-0.4, -0.2) is 18.2 Å². The SMILES string of the molecule is Cc1nn(C)c(C)c1S(=O)(=O)NC(C)c1ccc(C(C)(C)C)cc1. The molecule has 1 unspecified atom stereocenters. The summed E-state index contributed by atoms with van der Waals surface area (Å²) < 4.78 is 29.8. The molecule has 132 valence electrons. The highest BCUT2D eigenvalue weighted by atomic mass is 32.2. The zero-order chi connectivity index (χ0) is 18.3. The van der Waals surface area contributed by atoms with Gasteiger partial charge in [-0.2, -0.15) is 5.10 Å². The normalized spacial score (nSPS) is 14.0. The van der Waals surface area contributed by atoms with Crippen LogP contribution in [0.25, 0.3) is 0 Å². The number of hydrogen-bond donors (Lipinski definition) is 1. The summed E-state index contributed by atoms with van der Waals surface area (Å²) in [6, 6.07) is 7.76. The summed E-state index contributed by atoms with van der Waals surface area (Å²) in [5.74, 6) is 0. The van der Waals surface area contributed by atoms with Gasteiger partial charge < -0.3 is 0 Å². The topological polar surface area (TPSA) is 64.0 Å². The van der Waals surface area contributed by atoms with Gasteiger partial charge in [-0.1, -0.05) is 45.0 Å². The van der Waals surface area contributed by atoms with Gasteiger partial charge in [-0.05, 0) is 37.3 Å². The van der Waals surface area contributed by atoms with Crippen LogP contribution < -0.4 is 4.72 Å². The average molecular weight is 350 g/mol. The Kier molecular flexibility index (Phi) is 4.93. The van der Waals surface area contributed by atoms with Crippen LogP contribution in [0.4, 0.5) is 0 Å². The first-order valence-corrected chi connectivity index (χ1v) is 9.55. The molecule has 24 heavy (non-hydrogen) atoms. The molecule has 0 aliphatic carbocycles. The second-order valence-electron chi connectivity index (χ2n) is 7.34. The van der Waals surface area contributed by atoms with Crippen LogP contribution in [-0.2, 0) is 22.5 Å². The maximum atomic E-state index is 12.7. The number of hydrogen-bond acceptors (Lipinski definition) is 3. The van der Waals surface area contributed by atoms with Crippen LogP contribution in [0.15, 0.2) is 29.2 Å². The van der Waals surface area contributed by atoms with Crippen LogP contribution in [0.5, 0.6) is 0 Å². The Balaban J connectivity index is 2.27. The van der Waals surface area contributed by atoms with Crippen LogP contribution in [0.3, 0.4) is 0 Å². The molecule has 0 aliphatic rings. The molecule has 2 rings (SSSR count). The molecular weight excluding hydrogens is 322 g/mol. The largest absolute Gasteiger partial charge is 0.271 e. The van der Waals surface area contributed by atoms with Crippen molar-refractivity contribution in [3.8, 4) is 0 Å². The van der Waals surface area contributed by atoms with Crippen molar-refractivity contribution in [1.82, 2.24) is 14.5 Å². The molecule has 0 fully saturated rings. The third kappa shape index (κ3) is 3.70. The molecule has 2 aromatic rings. The van der Waals surface area contributed by atoms with E-state index in [2.05, 4.69) is 42.7 Å². The molecule has 1 N–H and O–H groups in total. The van der Waals surface area contributed by atoms with Gasteiger partial charge >= 0.3 is 0 Å². The number of sulfonamides is 1. The Morgan fingerprint density at radius 1 is 1.12 bits per heavy atom. The average Bonchev–Trinajstić information content (AvgIpc) is 2.71. The second kappa shape index (κ2) is 6.33. The molecule has 0 spiro atoms. The molecule has 0 saturated carbocycles. The van der Waals surface area contributed by atoms with E-state index in [4.69, 9.17) is 0 Å². The summed E-state index contributed by atoms with van der Waals surface area (Å²) in [5, 5.41) is 4.19. The van der Waals surface area contributed by atoms with E-state index in [9.17, 15) is 8.42 Å². The summed E-state index contributed by atoms with van der Waals surface area (Å²) in [6.45, 7) is 11.8.